The Kier molecular flexibility index (Phi) is 4.54. The Labute approximate surface area is 191 Å². The molecule has 1 aromatic carbocycles. The maximum Gasteiger partial charge on any atom is 0.267 e. The van der Waals surface area contributed by atoms with E-state index in [0.29, 0.717) is 37.7 Å². The topological polar surface area (TPSA) is 72.5 Å². The van der Waals surface area contributed by atoms with Crippen molar-refractivity contribution in [3.8, 4) is 5.75 Å². The summed E-state index contributed by atoms with van der Waals surface area (Å²) in [5.41, 5.74) is -3.25. The zero-order chi connectivity index (χ0) is 23.2. The van der Waals surface area contributed by atoms with Gasteiger partial charge in [-0.1, -0.05) is 0 Å². The Morgan fingerprint density at radius 1 is 1.03 bits per heavy atom. The Morgan fingerprint density at radius 3 is 2.27 bits per heavy atom. The quantitative estimate of drug-likeness (QED) is 0.610. The fourth-order valence-electron chi connectivity index (χ4n) is 7.02. The van der Waals surface area contributed by atoms with Gasteiger partial charge in [0.15, 0.2) is 0 Å². The van der Waals surface area contributed by atoms with Crippen molar-refractivity contribution in [3.05, 3.63) is 29.1 Å². The van der Waals surface area contributed by atoms with E-state index in [1.54, 1.807) is 0 Å². The molecule has 0 heterocycles. The van der Waals surface area contributed by atoms with E-state index >= 15 is 8.78 Å². The van der Waals surface area contributed by atoms with Gasteiger partial charge in [0.05, 0.1) is 17.4 Å². The van der Waals surface area contributed by atoms with Crippen LogP contribution < -0.4 is 9.46 Å². The lowest BCUT2D eigenvalue weighted by Gasteiger charge is -2.61. The first-order valence-corrected chi connectivity index (χ1v) is 13.4. The molecule has 0 saturated heterocycles. The van der Waals surface area contributed by atoms with Crippen molar-refractivity contribution in [2.45, 2.75) is 86.7 Å². The lowest BCUT2D eigenvalue weighted by Crippen LogP contribution is -2.61. The first-order chi connectivity index (χ1) is 15.5. The van der Waals surface area contributed by atoms with Crippen LogP contribution in [0.3, 0.4) is 0 Å². The number of halogens is 3. The number of carbonyl (C=O) groups is 1. The predicted molar refractivity (Wildman–Crippen MR) is 115 cm³/mol. The van der Waals surface area contributed by atoms with E-state index in [9.17, 15) is 17.6 Å². The fourth-order valence-corrected chi connectivity index (χ4v) is 8.31. The molecule has 0 spiro atoms. The van der Waals surface area contributed by atoms with Gasteiger partial charge in [0.2, 0.25) is 10.0 Å². The van der Waals surface area contributed by atoms with Crippen LogP contribution in [-0.2, 0) is 10.0 Å². The smallest absolute Gasteiger partial charge is 0.267 e. The number of ether oxygens (including phenoxy) is 1. The minimum Gasteiger partial charge on any atom is -0.493 e. The number of benzene rings is 1. The van der Waals surface area contributed by atoms with E-state index < -0.39 is 43.8 Å². The van der Waals surface area contributed by atoms with E-state index in [2.05, 4.69) is 0 Å². The molecule has 2 atom stereocenters. The Bertz CT molecular complexity index is 1110. The molecule has 1 aromatic rings. The number of alkyl halides is 2. The summed E-state index contributed by atoms with van der Waals surface area (Å²) in [6.07, 6.45) is 4.74. The maximum atomic E-state index is 15.3. The molecule has 33 heavy (non-hydrogen) atoms. The Morgan fingerprint density at radius 2 is 1.70 bits per heavy atom. The third-order valence-corrected chi connectivity index (χ3v) is 9.96. The number of amides is 1. The van der Waals surface area contributed by atoms with Gasteiger partial charge < -0.3 is 4.74 Å². The minimum absolute atomic E-state index is 0.0129. The van der Waals surface area contributed by atoms with Gasteiger partial charge in [-0.3, -0.25) is 4.79 Å². The van der Waals surface area contributed by atoms with E-state index in [4.69, 9.17) is 4.74 Å². The summed E-state index contributed by atoms with van der Waals surface area (Å²) in [6, 6.07) is 2.51. The van der Waals surface area contributed by atoms with Crippen molar-refractivity contribution in [2.75, 3.05) is 6.61 Å². The predicted octanol–water partition coefficient (Wildman–Crippen LogP) is 4.70. The molecule has 6 saturated carbocycles. The second kappa shape index (κ2) is 6.89. The van der Waals surface area contributed by atoms with Gasteiger partial charge in [0, 0.05) is 17.9 Å². The third kappa shape index (κ3) is 3.94. The standard InChI is InChI=1S/C24H28F3NO4S/c25-19-6-20(32-13-22-7-14-8-23(26,10-22)12-24(27,9-14)11-22)17(15-1-2-15)5-18(19)21(29)28-33(30,31)16-3-4-16/h5-6,14-16H,1-4,7-13H2,(H,28,29). The van der Waals surface area contributed by atoms with Crippen molar-refractivity contribution in [1.29, 1.82) is 0 Å². The van der Waals surface area contributed by atoms with E-state index in [0.717, 1.165) is 18.9 Å². The largest absolute Gasteiger partial charge is 0.493 e. The zero-order valence-electron chi connectivity index (χ0n) is 18.3. The average molecular weight is 484 g/mol. The second-order valence-electron chi connectivity index (χ2n) is 11.4. The van der Waals surface area contributed by atoms with Gasteiger partial charge in [-0.05, 0) is 81.3 Å². The van der Waals surface area contributed by atoms with E-state index in [1.165, 1.54) is 6.07 Å². The molecule has 7 rings (SSSR count). The van der Waals surface area contributed by atoms with Crippen molar-refractivity contribution in [2.24, 2.45) is 11.3 Å². The molecular formula is C24H28F3NO4S. The molecule has 0 radical (unpaired) electrons. The van der Waals surface area contributed by atoms with Gasteiger partial charge in [-0.25, -0.2) is 26.3 Å². The number of carbonyl (C=O) groups excluding carboxylic acids is 1. The van der Waals surface area contributed by atoms with Gasteiger partial charge in [-0.2, -0.15) is 0 Å². The summed E-state index contributed by atoms with van der Waals surface area (Å²) >= 11 is 0. The zero-order valence-corrected chi connectivity index (χ0v) is 19.2. The van der Waals surface area contributed by atoms with Crippen molar-refractivity contribution in [3.63, 3.8) is 0 Å². The molecule has 1 N–H and O–H groups in total. The van der Waals surface area contributed by atoms with Crippen LogP contribution >= 0.6 is 0 Å². The Balaban J connectivity index is 1.24. The van der Waals surface area contributed by atoms with Crippen LogP contribution in [0, 0.1) is 17.2 Å². The molecular weight excluding hydrogens is 455 g/mol. The highest BCUT2D eigenvalue weighted by molar-refractivity contribution is 7.91. The summed E-state index contributed by atoms with van der Waals surface area (Å²) < 4.78 is 77.7. The lowest BCUT2D eigenvalue weighted by atomic mass is 9.47. The minimum atomic E-state index is -3.80. The average Bonchev–Trinajstić information content (AvgIpc) is 3.56. The molecule has 0 aromatic heterocycles. The highest BCUT2D eigenvalue weighted by atomic mass is 32.2. The first-order valence-electron chi connectivity index (χ1n) is 11.9. The molecule has 180 valence electrons. The number of rotatable bonds is 7. The molecule has 6 aliphatic carbocycles. The van der Waals surface area contributed by atoms with Crippen LogP contribution in [0.5, 0.6) is 5.75 Å². The molecule has 9 heteroatoms. The highest BCUT2D eigenvalue weighted by Crippen LogP contribution is 2.65. The van der Waals surface area contributed by atoms with Crippen molar-refractivity contribution in [1.82, 2.24) is 4.72 Å². The van der Waals surface area contributed by atoms with E-state index in [1.807, 2.05) is 4.72 Å². The lowest BCUT2D eigenvalue weighted by molar-refractivity contribution is -0.183. The van der Waals surface area contributed by atoms with Gasteiger partial charge in [0.1, 0.15) is 22.9 Å². The normalized spacial score (nSPS) is 37.2. The van der Waals surface area contributed by atoms with Crippen LogP contribution in [0.1, 0.15) is 86.0 Å². The van der Waals surface area contributed by atoms with Crippen molar-refractivity contribution >= 4 is 15.9 Å². The summed E-state index contributed by atoms with van der Waals surface area (Å²) in [5, 5.41) is -0.590. The van der Waals surface area contributed by atoms with Gasteiger partial charge >= 0.3 is 0 Å². The molecule has 2 unspecified atom stereocenters. The molecule has 6 aliphatic rings. The molecule has 4 bridgehead atoms. The third-order valence-electron chi connectivity index (χ3n) is 8.14. The molecule has 0 aliphatic heterocycles. The first kappa shape index (κ1) is 21.7. The summed E-state index contributed by atoms with van der Waals surface area (Å²) in [5.74, 6) is -1.45. The SMILES string of the molecule is O=C(NS(=O)(=O)C1CC1)c1cc(C2CC2)c(OCC23CC4CC(F)(CC(F)(C4)C2)C3)cc1F. The van der Waals surface area contributed by atoms with Crippen LogP contribution in [0.4, 0.5) is 13.2 Å². The maximum absolute atomic E-state index is 15.3. The summed E-state index contributed by atoms with van der Waals surface area (Å²) in [7, 11) is -3.80. The number of hydrogen-bond acceptors (Lipinski definition) is 4. The van der Waals surface area contributed by atoms with E-state index in [-0.39, 0.29) is 49.0 Å². The Hall–Kier alpha value is -1.77. The number of nitrogens with one attached hydrogen (secondary N) is 1. The number of sulfonamides is 1. The molecule has 5 nitrogen and oxygen atoms in total. The van der Waals surface area contributed by atoms with Gasteiger partial charge in [0.25, 0.3) is 5.91 Å². The van der Waals surface area contributed by atoms with Crippen LogP contribution in [-0.4, -0.2) is 37.5 Å². The second-order valence-corrected chi connectivity index (χ2v) is 13.4. The van der Waals surface area contributed by atoms with Crippen LogP contribution in [0.25, 0.3) is 0 Å². The van der Waals surface area contributed by atoms with Crippen LogP contribution in [0.15, 0.2) is 12.1 Å². The van der Waals surface area contributed by atoms with Crippen LogP contribution in [0.2, 0.25) is 0 Å². The molecule has 6 fully saturated rings. The highest BCUT2D eigenvalue weighted by Gasteiger charge is 2.65. The summed E-state index contributed by atoms with van der Waals surface area (Å²) in [4.78, 5) is 12.5. The fraction of sp³-hybridized carbons (Fsp3) is 0.708. The number of hydrogen-bond donors (Lipinski definition) is 1. The molecule has 1 amide bonds. The van der Waals surface area contributed by atoms with Gasteiger partial charge in [-0.15, -0.1) is 0 Å². The van der Waals surface area contributed by atoms with Crippen molar-refractivity contribution < 1.29 is 31.1 Å². The monoisotopic (exact) mass is 483 g/mol. The summed E-state index contributed by atoms with van der Waals surface area (Å²) in [6.45, 7) is 0.113.